The molecule has 0 aliphatic carbocycles. The van der Waals surface area contributed by atoms with Crippen molar-refractivity contribution < 1.29 is 13.2 Å². The molecule has 0 unspecified atom stereocenters. The summed E-state index contributed by atoms with van der Waals surface area (Å²) >= 11 is 13.7. The van der Waals surface area contributed by atoms with Crippen molar-refractivity contribution in [2.24, 2.45) is 4.99 Å². The SMILES string of the molecule is COc1ccccc1N1C(SCc2ccc(Cl)c(Cl)c2)=N[C@H]2CS(=O)(=O)C[C@@H]21. The van der Waals surface area contributed by atoms with E-state index in [-0.39, 0.29) is 23.6 Å². The van der Waals surface area contributed by atoms with E-state index in [1.54, 1.807) is 24.9 Å². The molecule has 0 N–H and O–H groups in total. The number of ether oxygens (including phenoxy) is 1. The summed E-state index contributed by atoms with van der Waals surface area (Å²) in [5.74, 6) is 1.51. The maximum atomic E-state index is 12.2. The van der Waals surface area contributed by atoms with Crippen LogP contribution in [0, 0.1) is 0 Å². The van der Waals surface area contributed by atoms with E-state index < -0.39 is 9.84 Å². The van der Waals surface area contributed by atoms with Gasteiger partial charge < -0.3 is 9.64 Å². The van der Waals surface area contributed by atoms with Crippen LogP contribution >= 0.6 is 35.0 Å². The summed E-state index contributed by atoms with van der Waals surface area (Å²) in [4.78, 5) is 6.76. The number of fused-ring (bicyclic) bond motifs is 1. The minimum absolute atomic E-state index is 0.0835. The van der Waals surface area contributed by atoms with Gasteiger partial charge in [-0.15, -0.1) is 0 Å². The smallest absolute Gasteiger partial charge is 0.164 e. The van der Waals surface area contributed by atoms with Gasteiger partial charge in [-0.2, -0.15) is 0 Å². The minimum Gasteiger partial charge on any atom is -0.495 e. The summed E-state index contributed by atoms with van der Waals surface area (Å²) in [7, 11) is -1.49. The van der Waals surface area contributed by atoms with E-state index in [2.05, 4.69) is 0 Å². The minimum atomic E-state index is -3.10. The Balaban J connectivity index is 1.64. The number of anilines is 1. The molecule has 0 radical (unpaired) electrons. The highest BCUT2D eigenvalue weighted by Crippen LogP contribution is 2.40. The third-order valence-electron chi connectivity index (χ3n) is 4.80. The van der Waals surface area contributed by atoms with Gasteiger partial charge in [0.05, 0.1) is 46.4 Å². The molecule has 5 nitrogen and oxygen atoms in total. The van der Waals surface area contributed by atoms with Crippen molar-refractivity contribution in [1.29, 1.82) is 0 Å². The van der Waals surface area contributed by atoms with Crippen LogP contribution in [0.2, 0.25) is 10.0 Å². The Morgan fingerprint density at radius 3 is 2.71 bits per heavy atom. The van der Waals surface area contributed by atoms with Gasteiger partial charge in [0.1, 0.15) is 5.75 Å². The molecule has 148 valence electrons. The Morgan fingerprint density at radius 2 is 1.96 bits per heavy atom. The number of rotatable bonds is 4. The molecule has 2 heterocycles. The first-order chi connectivity index (χ1) is 13.4. The Bertz CT molecular complexity index is 1040. The van der Waals surface area contributed by atoms with Gasteiger partial charge in [0.15, 0.2) is 15.0 Å². The lowest BCUT2D eigenvalue weighted by atomic mass is 10.1. The number of benzene rings is 2. The van der Waals surface area contributed by atoms with E-state index >= 15 is 0 Å². The highest BCUT2D eigenvalue weighted by atomic mass is 35.5. The van der Waals surface area contributed by atoms with Crippen molar-refractivity contribution in [3.8, 4) is 5.75 Å². The number of sulfone groups is 1. The molecule has 0 bridgehead atoms. The van der Waals surface area contributed by atoms with E-state index in [4.69, 9.17) is 32.9 Å². The van der Waals surface area contributed by atoms with Gasteiger partial charge in [0.25, 0.3) is 0 Å². The predicted octanol–water partition coefficient (Wildman–Crippen LogP) is 4.28. The molecule has 1 saturated heterocycles. The fraction of sp³-hybridized carbons (Fsp3) is 0.316. The molecule has 0 aromatic heterocycles. The standard InChI is InChI=1S/C19H18Cl2N2O3S2/c1-26-18-5-3-2-4-16(18)23-17-11-28(24,25)10-15(17)22-19(23)27-9-12-6-7-13(20)14(21)8-12/h2-8,15,17H,9-11H2,1H3/t15-,17-/m0/s1. The lowest BCUT2D eigenvalue weighted by Gasteiger charge is -2.27. The van der Waals surface area contributed by atoms with Crippen LogP contribution in [0.4, 0.5) is 5.69 Å². The maximum Gasteiger partial charge on any atom is 0.164 e. The highest BCUT2D eigenvalue weighted by molar-refractivity contribution is 8.13. The zero-order valence-electron chi connectivity index (χ0n) is 15.0. The van der Waals surface area contributed by atoms with Crippen molar-refractivity contribution in [2.75, 3.05) is 23.5 Å². The predicted molar refractivity (Wildman–Crippen MR) is 117 cm³/mol. The third kappa shape index (κ3) is 3.85. The summed E-state index contributed by atoms with van der Waals surface area (Å²) in [5.41, 5.74) is 1.85. The Morgan fingerprint density at radius 1 is 1.18 bits per heavy atom. The fourth-order valence-electron chi connectivity index (χ4n) is 3.52. The molecule has 0 spiro atoms. The molecule has 2 aliphatic heterocycles. The highest BCUT2D eigenvalue weighted by Gasteiger charge is 2.47. The Kier molecular flexibility index (Phi) is 5.53. The number of thioether (sulfide) groups is 1. The lowest BCUT2D eigenvalue weighted by molar-refractivity contribution is 0.415. The summed E-state index contributed by atoms with van der Waals surface area (Å²) in [6.45, 7) is 0. The van der Waals surface area contributed by atoms with Crippen LogP contribution < -0.4 is 9.64 Å². The Labute approximate surface area is 178 Å². The van der Waals surface area contributed by atoms with Crippen molar-refractivity contribution in [3.05, 3.63) is 58.1 Å². The summed E-state index contributed by atoms with van der Waals surface area (Å²) < 4.78 is 29.9. The topological polar surface area (TPSA) is 59.0 Å². The second-order valence-corrected chi connectivity index (χ2v) is 10.6. The zero-order chi connectivity index (χ0) is 19.9. The number of para-hydroxylation sites is 2. The largest absolute Gasteiger partial charge is 0.495 e. The number of aliphatic imine (C=N–C) groups is 1. The maximum absolute atomic E-state index is 12.2. The fourth-order valence-corrected chi connectivity index (χ4v) is 6.74. The van der Waals surface area contributed by atoms with Crippen molar-refractivity contribution in [1.82, 2.24) is 0 Å². The quantitative estimate of drug-likeness (QED) is 0.686. The van der Waals surface area contributed by atoms with Gasteiger partial charge in [-0.05, 0) is 29.8 Å². The van der Waals surface area contributed by atoms with Crippen LogP contribution in [0.5, 0.6) is 5.75 Å². The molecule has 9 heteroatoms. The van der Waals surface area contributed by atoms with Gasteiger partial charge in [0.2, 0.25) is 0 Å². The van der Waals surface area contributed by atoms with Crippen LogP contribution in [0.15, 0.2) is 47.5 Å². The lowest BCUT2D eigenvalue weighted by Crippen LogP contribution is -2.39. The first kappa shape index (κ1) is 19.9. The van der Waals surface area contributed by atoms with E-state index in [1.165, 1.54) is 0 Å². The first-order valence-electron chi connectivity index (χ1n) is 8.65. The van der Waals surface area contributed by atoms with Crippen LogP contribution in [-0.2, 0) is 15.6 Å². The molecule has 2 aromatic carbocycles. The molecule has 2 aromatic rings. The summed E-state index contributed by atoms with van der Waals surface area (Å²) in [6.07, 6.45) is 0. The van der Waals surface area contributed by atoms with Gasteiger partial charge in [-0.1, -0.05) is 53.2 Å². The number of methoxy groups -OCH3 is 1. The number of hydrogen-bond acceptors (Lipinski definition) is 6. The second kappa shape index (κ2) is 7.78. The molecule has 2 aliphatic rings. The number of amidine groups is 1. The zero-order valence-corrected chi connectivity index (χ0v) is 18.2. The van der Waals surface area contributed by atoms with E-state index in [9.17, 15) is 8.42 Å². The molecule has 28 heavy (non-hydrogen) atoms. The number of halogens is 2. The molecular weight excluding hydrogens is 439 g/mol. The van der Waals surface area contributed by atoms with Crippen molar-refractivity contribution in [2.45, 2.75) is 17.8 Å². The Hall–Kier alpha value is -1.41. The number of hydrogen-bond donors (Lipinski definition) is 0. The summed E-state index contributed by atoms with van der Waals surface area (Å²) in [6, 6.07) is 12.7. The van der Waals surface area contributed by atoms with E-state index in [0.717, 1.165) is 16.4 Å². The van der Waals surface area contributed by atoms with Gasteiger partial charge in [-0.25, -0.2) is 8.42 Å². The number of nitrogens with zero attached hydrogens (tertiary/aromatic N) is 2. The third-order valence-corrected chi connectivity index (χ3v) is 8.28. The van der Waals surface area contributed by atoms with Crippen molar-refractivity contribution >= 4 is 55.7 Å². The first-order valence-corrected chi connectivity index (χ1v) is 12.2. The van der Waals surface area contributed by atoms with Gasteiger partial charge in [-0.3, -0.25) is 4.99 Å². The monoisotopic (exact) mass is 456 g/mol. The van der Waals surface area contributed by atoms with Crippen LogP contribution in [-0.4, -0.2) is 44.3 Å². The average Bonchev–Trinajstić information content (AvgIpc) is 3.13. The molecule has 1 fully saturated rings. The van der Waals surface area contributed by atoms with Gasteiger partial charge in [0, 0.05) is 5.75 Å². The molecule has 2 atom stereocenters. The molecule has 0 amide bonds. The second-order valence-electron chi connectivity index (χ2n) is 6.70. The molecule has 4 rings (SSSR count). The molecule has 0 saturated carbocycles. The van der Waals surface area contributed by atoms with Crippen LogP contribution in [0.3, 0.4) is 0 Å². The van der Waals surface area contributed by atoms with Crippen LogP contribution in [0.25, 0.3) is 0 Å². The molecular formula is C19H18Cl2N2O3S2. The average molecular weight is 457 g/mol. The summed E-state index contributed by atoms with van der Waals surface area (Å²) in [5, 5.41) is 1.82. The van der Waals surface area contributed by atoms with E-state index in [0.29, 0.717) is 21.5 Å². The van der Waals surface area contributed by atoms with Gasteiger partial charge >= 0.3 is 0 Å². The van der Waals surface area contributed by atoms with Crippen LogP contribution in [0.1, 0.15) is 5.56 Å². The van der Waals surface area contributed by atoms with E-state index in [1.807, 2.05) is 41.3 Å². The van der Waals surface area contributed by atoms with Crippen molar-refractivity contribution in [3.63, 3.8) is 0 Å². The normalized spacial score (nSPS) is 22.8.